The predicted octanol–water partition coefficient (Wildman–Crippen LogP) is 2.22. The van der Waals surface area contributed by atoms with Gasteiger partial charge in [-0.2, -0.15) is 0 Å². The third-order valence-electron chi connectivity index (χ3n) is 1.71. The maximum Gasteiger partial charge on any atom is 0.0312 e. The fraction of sp³-hybridized carbons (Fsp3) is 0.545. The lowest BCUT2D eigenvalue weighted by Gasteiger charge is -2.18. The lowest BCUT2D eigenvalue weighted by atomic mass is 9.97. The van der Waals surface area contributed by atoms with Crippen LogP contribution in [-0.2, 0) is 6.54 Å². The summed E-state index contributed by atoms with van der Waals surface area (Å²) in [7, 11) is 0. The summed E-state index contributed by atoms with van der Waals surface area (Å²) < 4.78 is 0. The van der Waals surface area contributed by atoms with Crippen molar-refractivity contribution in [3.63, 3.8) is 0 Å². The molecule has 0 aliphatic rings. The summed E-state index contributed by atoms with van der Waals surface area (Å²) >= 11 is 0. The highest BCUT2D eigenvalue weighted by atomic mass is 14.9. The van der Waals surface area contributed by atoms with E-state index in [1.165, 1.54) is 5.56 Å². The third kappa shape index (κ3) is 4.63. The fourth-order valence-electron chi connectivity index (χ4n) is 1.08. The minimum absolute atomic E-state index is 0.349. The van der Waals surface area contributed by atoms with Crippen molar-refractivity contribution in [1.29, 1.82) is 0 Å². The van der Waals surface area contributed by atoms with Gasteiger partial charge < -0.3 is 5.32 Å². The first-order valence-electron chi connectivity index (χ1n) is 4.67. The summed E-state index contributed by atoms with van der Waals surface area (Å²) in [6.07, 6.45) is 3.70. The van der Waals surface area contributed by atoms with Crippen LogP contribution < -0.4 is 5.32 Å². The molecule has 0 saturated heterocycles. The lowest BCUT2D eigenvalue weighted by molar-refractivity contribution is 0.379. The monoisotopic (exact) mass is 178 g/mol. The summed E-state index contributed by atoms with van der Waals surface area (Å²) in [5.74, 6) is 0. The molecule has 0 aliphatic heterocycles. The van der Waals surface area contributed by atoms with Gasteiger partial charge in [-0.3, -0.25) is 4.98 Å². The van der Waals surface area contributed by atoms with Crippen LogP contribution in [-0.4, -0.2) is 11.5 Å². The van der Waals surface area contributed by atoms with E-state index in [0.29, 0.717) is 5.41 Å². The van der Waals surface area contributed by atoms with Crippen LogP contribution in [0.15, 0.2) is 24.5 Å². The van der Waals surface area contributed by atoms with Crippen molar-refractivity contribution in [2.24, 2.45) is 5.41 Å². The van der Waals surface area contributed by atoms with Crippen LogP contribution in [0.3, 0.4) is 0 Å². The van der Waals surface area contributed by atoms with Crippen molar-refractivity contribution in [2.45, 2.75) is 27.3 Å². The van der Waals surface area contributed by atoms with Crippen molar-refractivity contribution in [3.05, 3.63) is 30.1 Å². The molecule has 0 saturated carbocycles. The Morgan fingerprint density at radius 3 is 2.69 bits per heavy atom. The molecule has 0 fully saturated rings. The zero-order valence-electron chi connectivity index (χ0n) is 8.67. The van der Waals surface area contributed by atoms with E-state index in [-0.39, 0.29) is 0 Å². The Morgan fingerprint density at radius 1 is 1.38 bits per heavy atom. The molecule has 0 bridgehead atoms. The van der Waals surface area contributed by atoms with Crippen molar-refractivity contribution in [1.82, 2.24) is 10.3 Å². The molecule has 0 aromatic carbocycles. The zero-order valence-corrected chi connectivity index (χ0v) is 8.67. The SMILES string of the molecule is CC(C)(C)CNCc1cccnc1. The lowest BCUT2D eigenvalue weighted by Crippen LogP contribution is -2.26. The van der Waals surface area contributed by atoms with Gasteiger partial charge in [0.15, 0.2) is 0 Å². The van der Waals surface area contributed by atoms with Crippen LogP contribution in [0.5, 0.6) is 0 Å². The minimum Gasteiger partial charge on any atom is -0.312 e. The Morgan fingerprint density at radius 2 is 2.15 bits per heavy atom. The van der Waals surface area contributed by atoms with Crippen molar-refractivity contribution >= 4 is 0 Å². The van der Waals surface area contributed by atoms with Gasteiger partial charge in [-0.15, -0.1) is 0 Å². The van der Waals surface area contributed by atoms with Crippen LogP contribution in [0, 0.1) is 5.41 Å². The quantitative estimate of drug-likeness (QED) is 0.767. The second-order valence-electron chi connectivity index (χ2n) is 4.53. The Hall–Kier alpha value is -0.890. The van der Waals surface area contributed by atoms with Gasteiger partial charge in [-0.1, -0.05) is 26.8 Å². The van der Waals surface area contributed by atoms with Crippen LogP contribution in [0.1, 0.15) is 26.3 Å². The number of rotatable bonds is 3. The van der Waals surface area contributed by atoms with E-state index in [2.05, 4.69) is 37.1 Å². The van der Waals surface area contributed by atoms with Crippen LogP contribution in [0.2, 0.25) is 0 Å². The average Bonchev–Trinajstić information content (AvgIpc) is 2.04. The number of hydrogen-bond acceptors (Lipinski definition) is 2. The maximum absolute atomic E-state index is 4.06. The second kappa shape index (κ2) is 4.38. The maximum atomic E-state index is 4.06. The van der Waals surface area contributed by atoms with Gasteiger partial charge in [0, 0.05) is 25.5 Å². The molecule has 0 atom stereocenters. The highest BCUT2D eigenvalue weighted by Gasteiger charge is 2.08. The predicted molar refractivity (Wildman–Crippen MR) is 55.4 cm³/mol. The van der Waals surface area contributed by atoms with E-state index in [1.807, 2.05) is 12.3 Å². The van der Waals surface area contributed by atoms with Gasteiger partial charge in [-0.05, 0) is 17.0 Å². The van der Waals surface area contributed by atoms with E-state index < -0.39 is 0 Å². The molecule has 1 rings (SSSR count). The molecule has 0 spiro atoms. The molecule has 1 heterocycles. The number of nitrogens with zero attached hydrogens (tertiary/aromatic N) is 1. The van der Waals surface area contributed by atoms with Crippen LogP contribution in [0.25, 0.3) is 0 Å². The fourth-order valence-corrected chi connectivity index (χ4v) is 1.08. The summed E-state index contributed by atoms with van der Waals surface area (Å²) in [5, 5.41) is 3.40. The topological polar surface area (TPSA) is 24.9 Å². The van der Waals surface area contributed by atoms with E-state index in [9.17, 15) is 0 Å². The summed E-state index contributed by atoms with van der Waals surface area (Å²) in [4.78, 5) is 4.06. The molecule has 2 heteroatoms. The zero-order chi connectivity index (χ0) is 9.73. The van der Waals surface area contributed by atoms with Gasteiger partial charge in [0.2, 0.25) is 0 Å². The Labute approximate surface area is 80.4 Å². The molecule has 0 amide bonds. The molecule has 13 heavy (non-hydrogen) atoms. The smallest absolute Gasteiger partial charge is 0.0312 e. The summed E-state index contributed by atoms with van der Waals surface area (Å²) in [5.41, 5.74) is 1.59. The van der Waals surface area contributed by atoms with Crippen LogP contribution in [0.4, 0.5) is 0 Å². The first kappa shape index (κ1) is 10.2. The largest absolute Gasteiger partial charge is 0.312 e. The third-order valence-corrected chi connectivity index (χ3v) is 1.71. The molecule has 1 aromatic rings. The van der Waals surface area contributed by atoms with E-state index in [4.69, 9.17) is 0 Å². The first-order valence-corrected chi connectivity index (χ1v) is 4.67. The van der Waals surface area contributed by atoms with Gasteiger partial charge in [-0.25, -0.2) is 0 Å². The summed E-state index contributed by atoms with van der Waals surface area (Å²) in [6.45, 7) is 8.61. The summed E-state index contributed by atoms with van der Waals surface area (Å²) in [6, 6.07) is 4.05. The first-order chi connectivity index (χ1) is 6.08. The number of aromatic nitrogens is 1. The number of pyridine rings is 1. The van der Waals surface area contributed by atoms with E-state index in [1.54, 1.807) is 6.20 Å². The Kier molecular flexibility index (Phi) is 3.43. The molecule has 0 unspecified atom stereocenters. The molecule has 1 aromatic heterocycles. The molecule has 0 aliphatic carbocycles. The van der Waals surface area contributed by atoms with Gasteiger partial charge in [0.05, 0.1) is 0 Å². The van der Waals surface area contributed by atoms with Crippen molar-refractivity contribution in [3.8, 4) is 0 Å². The average molecular weight is 178 g/mol. The van der Waals surface area contributed by atoms with Gasteiger partial charge in [0.1, 0.15) is 0 Å². The second-order valence-corrected chi connectivity index (χ2v) is 4.53. The molecule has 0 radical (unpaired) electrons. The Bertz CT molecular complexity index is 236. The van der Waals surface area contributed by atoms with Crippen molar-refractivity contribution < 1.29 is 0 Å². The molecule has 2 nitrogen and oxygen atoms in total. The van der Waals surface area contributed by atoms with E-state index >= 15 is 0 Å². The highest BCUT2D eigenvalue weighted by Crippen LogP contribution is 2.10. The highest BCUT2D eigenvalue weighted by molar-refractivity contribution is 5.07. The Balaban J connectivity index is 2.29. The molecular weight excluding hydrogens is 160 g/mol. The minimum atomic E-state index is 0.349. The standard InChI is InChI=1S/C11H18N2/c1-11(2,3)9-13-8-10-5-4-6-12-7-10/h4-7,13H,8-9H2,1-3H3. The molecule has 72 valence electrons. The van der Waals surface area contributed by atoms with Gasteiger partial charge >= 0.3 is 0 Å². The normalized spacial score (nSPS) is 11.6. The number of nitrogens with one attached hydrogen (secondary N) is 1. The van der Waals surface area contributed by atoms with Crippen molar-refractivity contribution in [2.75, 3.05) is 6.54 Å². The molecule has 1 N–H and O–H groups in total. The van der Waals surface area contributed by atoms with Crippen LogP contribution >= 0.6 is 0 Å². The van der Waals surface area contributed by atoms with Gasteiger partial charge in [0.25, 0.3) is 0 Å². The molecular formula is C11H18N2. The van der Waals surface area contributed by atoms with E-state index in [0.717, 1.165) is 13.1 Å². The number of hydrogen-bond donors (Lipinski definition) is 1.